The van der Waals surface area contributed by atoms with Gasteiger partial charge in [0.15, 0.2) is 11.5 Å². The van der Waals surface area contributed by atoms with E-state index in [4.69, 9.17) is 20.5 Å². The molecule has 2 aromatic heterocycles. The maximum Gasteiger partial charge on any atom is 0.273 e. The molecule has 1 N–H and O–H groups in total. The Morgan fingerprint density at radius 2 is 2.00 bits per heavy atom. The summed E-state index contributed by atoms with van der Waals surface area (Å²) in [6.07, 6.45) is 3.99. The summed E-state index contributed by atoms with van der Waals surface area (Å²) in [6.45, 7) is 2.47. The number of nitrogens with zero attached hydrogens (tertiary/aromatic N) is 2. The highest BCUT2D eigenvalue weighted by atomic mass is 35.5. The Balaban J connectivity index is 1.43. The van der Waals surface area contributed by atoms with Crippen LogP contribution in [0.15, 0.2) is 57.7 Å². The third kappa shape index (κ3) is 4.07. The van der Waals surface area contributed by atoms with Gasteiger partial charge in [0.1, 0.15) is 5.76 Å². The van der Waals surface area contributed by atoms with Gasteiger partial charge in [0.2, 0.25) is 0 Å². The minimum atomic E-state index is -0.269. The van der Waals surface area contributed by atoms with Gasteiger partial charge in [0, 0.05) is 23.2 Å². The predicted octanol–water partition coefficient (Wildman–Crippen LogP) is 4.15. The molecule has 1 amide bonds. The molecule has 1 fully saturated rings. The maximum atomic E-state index is 12.5. The summed E-state index contributed by atoms with van der Waals surface area (Å²) in [5, 5.41) is 7.49. The Morgan fingerprint density at radius 1 is 1.22 bits per heavy atom. The highest BCUT2D eigenvalue weighted by molar-refractivity contribution is 6.30. The van der Waals surface area contributed by atoms with Crippen LogP contribution in [-0.2, 0) is 0 Å². The van der Waals surface area contributed by atoms with Crippen LogP contribution in [0, 0.1) is 0 Å². The molecule has 1 atom stereocenters. The van der Waals surface area contributed by atoms with Crippen LogP contribution in [0.25, 0.3) is 11.3 Å². The number of furan rings is 1. The van der Waals surface area contributed by atoms with Crippen molar-refractivity contribution in [3.05, 3.63) is 65.2 Å². The Kier molecular flexibility index (Phi) is 5.27. The number of amides is 1. The first-order chi connectivity index (χ1) is 13.2. The van der Waals surface area contributed by atoms with E-state index in [9.17, 15) is 4.79 Å². The highest BCUT2D eigenvalue weighted by Crippen LogP contribution is 2.25. The molecule has 1 aromatic carbocycles. The molecular formula is C20H20ClN3O3. The Hall–Kier alpha value is -2.57. The van der Waals surface area contributed by atoms with Gasteiger partial charge in [-0.05, 0) is 62.3 Å². The molecule has 0 radical (unpaired) electrons. The first kappa shape index (κ1) is 17.8. The molecule has 4 rings (SSSR count). The predicted molar refractivity (Wildman–Crippen MR) is 102 cm³/mol. The molecule has 3 heterocycles. The topological polar surface area (TPSA) is 71.5 Å². The zero-order valence-corrected chi connectivity index (χ0v) is 15.5. The summed E-state index contributed by atoms with van der Waals surface area (Å²) in [5.74, 6) is 1.12. The molecule has 0 bridgehead atoms. The van der Waals surface area contributed by atoms with Crippen molar-refractivity contribution in [3.63, 3.8) is 0 Å². The van der Waals surface area contributed by atoms with Crippen molar-refractivity contribution in [1.29, 1.82) is 0 Å². The number of halogens is 1. The van der Waals surface area contributed by atoms with E-state index in [1.165, 1.54) is 12.8 Å². The van der Waals surface area contributed by atoms with Crippen LogP contribution in [0.4, 0.5) is 0 Å². The lowest BCUT2D eigenvalue weighted by atomic mass is 10.1. The van der Waals surface area contributed by atoms with Crippen molar-refractivity contribution in [1.82, 2.24) is 15.4 Å². The van der Waals surface area contributed by atoms with Crippen molar-refractivity contribution in [2.24, 2.45) is 0 Å². The number of carbonyl (C=O) groups excluding carboxylic acids is 1. The average molecular weight is 386 g/mol. The standard InChI is InChI=1S/C20H20ClN3O3/c21-15-7-5-14(6-8-15)19-12-16(23-27-19)20(25)22-13-17(18-4-3-11-26-18)24-9-1-2-10-24/h3-8,11-12,17H,1-2,9-10,13H2,(H,22,25)/t17-/m1/s1. The van der Waals surface area contributed by atoms with E-state index >= 15 is 0 Å². The van der Waals surface area contributed by atoms with E-state index in [2.05, 4.69) is 15.4 Å². The largest absolute Gasteiger partial charge is 0.468 e. The molecule has 6 nitrogen and oxygen atoms in total. The van der Waals surface area contributed by atoms with Crippen LogP contribution >= 0.6 is 11.6 Å². The molecule has 7 heteroatoms. The molecule has 0 spiro atoms. The fourth-order valence-electron chi connectivity index (χ4n) is 3.36. The molecule has 140 valence electrons. The van der Waals surface area contributed by atoms with Gasteiger partial charge in [-0.1, -0.05) is 16.8 Å². The number of carbonyl (C=O) groups is 1. The number of hydrogen-bond acceptors (Lipinski definition) is 5. The molecule has 3 aromatic rings. The number of likely N-dealkylation sites (tertiary alicyclic amines) is 1. The molecule has 1 aliphatic rings. The summed E-state index contributed by atoms with van der Waals surface area (Å²) in [7, 11) is 0. The summed E-state index contributed by atoms with van der Waals surface area (Å²) in [4.78, 5) is 14.9. The van der Waals surface area contributed by atoms with Crippen molar-refractivity contribution < 1.29 is 13.7 Å². The Morgan fingerprint density at radius 3 is 2.70 bits per heavy atom. The van der Waals surface area contributed by atoms with Gasteiger partial charge in [-0.15, -0.1) is 0 Å². The normalized spacial score (nSPS) is 15.7. The van der Waals surface area contributed by atoms with Crippen LogP contribution in [0.1, 0.15) is 35.1 Å². The quantitative estimate of drug-likeness (QED) is 0.690. The van der Waals surface area contributed by atoms with Crippen LogP contribution in [0.5, 0.6) is 0 Å². The number of benzene rings is 1. The van der Waals surface area contributed by atoms with Crippen LogP contribution in [0.3, 0.4) is 0 Å². The van der Waals surface area contributed by atoms with Gasteiger partial charge in [-0.3, -0.25) is 9.69 Å². The van der Waals surface area contributed by atoms with Crippen molar-refractivity contribution >= 4 is 17.5 Å². The van der Waals surface area contributed by atoms with E-state index in [0.717, 1.165) is 24.4 Å². The highest BCUT2D eigenvalue weighted by Gasteiger charge is 2.26. The Bertz CT molecular complexity index is 884. The molecule has 0 aliphatic carbocycles. The van der Waals surface area contributed by atoms with Gasteiger partial charge < -0.3 is 14.3 Å². The second-order valence-corrected chi connectivity index (χ2v) is 7.00. The SMILES string of the molecule is O=C(NC[C@H](c1ccco1)N1CCCC1)c1cc(-c2ccc(Cl)cc2)on1. The first-order valence-electron chi connectivity index (χ1n) is 8.99. The summed E-state index contributed by atoms with van der Waals surface area (Å²) >= 11 is 5.90. The fraction of sp³-hybridized carbons (Fsp3) is 0.300. The second kappa shape index (κ2) is 7.98. The monoisotopic (exact) mass is 385 g/mol. The number of hydrogen-bond donors (Lipinski definition) is 1. The lowest BCUT2D eigenvalue weighted by molar-refractivity contribution is 0.0925. The third-order valence-electron chi connectivity index (χ3n) is 4.78. The molecule has 0 saturated carbocycles. The first-order valence-corrected chi connectivity index (χ1v) is 9.37. The van der Waals surface area contributed by atoms with Crippen LogP contribution in [0.2, 0.25) is 5.02 Å². The van der Waals surface area contributed by atoms with Gasteiger partial charge in [-0.2, -0.15) is 0 Å². The van der Waals surface area contributed by atoms with E-state index in [-0.39, 0.29) is 17.6 Å². The average Bonchev–Trinajstić information content (AvgIpc) is 3.44. The minimum Gasteiger partial charge on any atom is -0.468 e. The smallest absolute Gasteiger partial charge is 0.273 e. The summed E-state index contributed by atoms with van der Waals surface area (Å²) in [6, 6.07) is 12.7. The number of rotatable bonds is 6. The van der Waals surface area contributed by atoms with E-state index in [1.807, 2.05) is 24.3 Å². The van der Waals surface area contributed by atoms with Crippen molar-refractivity contribution in [2.75, 3.05) is 19.6 Å². The molecule has 27 heavy (non-hydrogen) atoms. The molecule has 1 aliphatic heterocycles. The summed E-state index contributed by atoms with van der Waals surface area (Å²) in [5.41, 5.74) is 1.07. The van der Waals surface area contributed by atoms with Gasteiger partial charge >= 0.3 is 0 Å². The van der Waals surface area contributed by atoms with Gasteiger partial charge in [0.05, 0.1) is 12.3 Å². The zero-order chi connectivity index (χ0) is 18.6. The molecule has 1 saturated heterocycles. The lowest BCUT2D eigenvalue weighted by Gasteiger charge is -2.25. The second-order valence-electron chi connectivity index (χ2n) is 6.57. The minimum absolute atomic E-state index is 0.0223. The zero-order valence-electron chi connectivity index (χ0n) is 14.7. The van der Waals surface area contributed by atoms with E-state index < -0.39 is 0 Å². The van der Waals surface area contributed by atoms with Crippen LogP contribution < -0.4 is 5.32 Å². The van der Waals surface area contributed by atoms with Crippen LogP contribution in [-0.4, -0.2) is 35.6 Å². The van der Waals surface area contributed by atoms with E-state index in [1.54, 1.807) is 24.5 Å². The molecular weight excluding hydrogens is 366 g/mol. The fourth-order valence-corrected chi connectivity index (χ4v) is 3.48. The summed E-state index contributed by atoms with van der Waals surface area (Å²) < 4.78 is 10.9. The Labute approximate surface area is 162 Å². The maximum absolute atomic E-state index is 12.5. The lowest BCUT2D eigenvalue weighted by Crippen LogP contribution is -2.36. The number of nitrogens with one attached hydrogen (secondary N) is 1. The third-order valence-corrected chi connectivity index (χ3v) is 5.03. The van der Waals surface area contributed by atoms with Crippen molar-refractivity contribution in [2.45, 2.75) is 18.9 Å². The van der Waals surface area contributed by atoms with Gasteiger partial charge in [-0.25, -0.2) is 0 Å². The van der Waals surface area contributed by atoms with E-state index in [0.29, 0.717) is 17.3 Å². The van der Waals surface area contributed by atoms with Crippen molar-refractivity contribution in [3.8, 4) is 11.3 Å². The molecule has 0 unspecified atom stereocenters. The number of aromatic nitrogens is 1. The van der Waals surface area contributed by atoms with Gasteiger partial charge in [0.25, 0.3) is 5.91 Å².